The van der Waals surface area contributed by atoms with E-state index < -0.39 is 88.2 Å². The van der Waals surface area contributed by atoms with Crippen molar-refractivity contribution in [2.24, 2.45) is 0 Å². The van der Waals surface area contributed by atoms with Crippen LogP contribution in [0.25, 0.3) is 22.3 Å². The number of nitrogens with zero attached hydrogens (tertiary/aromatic N) is 8. The van der Waals surface area contributed by atoms with E-state index in [9.17, 15) is 24.9 Å². The van der Waals surface area contributed by atoms with Gasteiger partial charge in [-0.3, -0.25) is 29.4 Å². The number of fused-ring (bicyclic) bond motifs is 4. The van der Waals surface area contributed by atoms with E-state index in [-0.39, 0.29) is 112 Å². The van der Waals surface area contributed by atoms with Crippen molar-refractivity contribution >= 4 is 80.3 Å². The monoisotopic (exact) mass is 1380 g/mol. The molecule has 95 heavy (non-hydrogen) atoms. The topological polar surface area (TPSA) is 298 Å². The molecule has 25 nitrogen and oxygen atoms in total. The van der Waals surface area contributed by atoms with Crippen LogP contribution in [0.4, 0.5) is 11.9 Å². The molecule has 0 bridgehead atoms. The number of nitrogens with one attached hydrogen (secondary N) is 2. The maximum absolute atomic E-state index is 13.0. The van der Waals surface area contributed by atoms with Gasteiger partial charge in [-0.2, -0.15) is 19.9 Å². The predicted molar refractivity (Wildman–Crippen MR) is 369 cm³/mol. The Morgan fingerprint density at radius 3 is 1.27 bits per heavy atom. The third-order valence-electron chi connectivity index (χ3n) is 19.2. The first-order chi connectivity index (χ1) is 45.0. The van der Waals surface area contributed by atoms with Gasteiger partial charge in [0, 0.05) is 24.2 Å². The van der Waals surface area contributed by atoms with Crippen LogP contribution < -0.4 is 20.1 Å². The van der Waals surface area contributed by atoms with Crippen LogP contribution >= 0.6 is 0 Å². The van der Waals surface area contributed by atoms with Gasteiger partial charge >= 0.3 is 34.2 Å². The summed E-state index contributed by atoms with van der Waals surface area (Å²) in [5.74, 6) is -0.443. The molecule has 4 fully saturated rings. The average molecular weight is 1390 g/mol. The summed E-state index contributed by atoms with van der Waals surface area (Å²) in [7, 11) is -8.99. The number of ether oxygens (including phenoxy) is 4. The van der Waals surface area contributed by atoms with E-state index in [1.165, 1.54) is 26.9 Å². The molecule has 2 aromatic carbocycles. The first-order valence-electron chi connectivity index (χ1n) is 33.3. The lowest BCUT2D eigenvalue weighted by atomic mass is 9.89. The number of aliphatic hydroxyl groups is 3. The Kier molecular flexibility index (Phi) is 22.7. The molecule has 0 spiro atoms. The van der Waals surface area contributed by atoms with E-state index in [0.29, 0.717) is 34.2 Å². The second kappa shape index (κ2) is 29.4. The number of benzene rings is 2. The van der Waals surface area contributed by atoms with Gasteiger partial charge in [0.05, 0.1) is 40.1 Å². The summed E-state index contributed by atoms with van der Waals surface area (Å²) in [6.07, 6.45) is 0.368. The van der Waals surface area contributed by atoms with Crippen LogP contribution in [-0.4, -0.2) is 170 Å². The maximum atomic E-state index is 13.0. The van der Waals surface area contributed by atoms with E-state index in [1.54, 1.807) is 63.7 Å². The number of methoxy groups -OCH3 is 2. The van der Waals surface area contributed by atoms with Gasteiger partial charge in [0.15, 0.2) is 34.8 Å². The highest BCUT2D eigenvalue weighted by molar-refractivity contribution is 6.84. The lowest BCUT2D eigenvalue weighted by Crippen LogP contribution is -2.67. The zero-order valence-corrected chi connectivity index (χ0v) is 62.4. The maximum Gasteiger partial charge on any atom is 0.335 e. The highest BCUT2D eigenvalue weighted by Crippen LogP contribution is 2.55. The Morgan fingerprint density at radius 2 is 0.937 bits per heavy atom. The molecule has 8 atom stereocenters. The summed E-state index contributed by atoms with van der Waals surface area (Å²) in [6, 6.07) is 17.5. The number of amides is 2. The Hall–Kier alpha value is -5.75. The van der Waals surface area contributed by atoms with Crippen molar-refractivity contribution in [3.63, 3.8) is 0 Å². The van der Waals surface area contributed by atoms with Gasteiger partial charge in [0.2, 0.25) is 23.7 Å². The fourth-order valence-electron chi connectivity index (χ4n) is 14.2. The van der Waals surface area contributed by atoms with E-state index in [1.807, 2.05) is 12.1 Å². The van der Waals surface area contributed by atoms with Gasteiger partial charge in [-0.1, -0.05) is 153 Å². The first-order valence-corrected chi connectivity index (χ1v) is 41.2. The van der Waals surface area contributed by atoms with Gasteiger partial charge in [0.25, 0.3) is 11.8 Å². The summed E-state index contributed by atoms with van der Waals surface area (Å²) in [4.78, 5) is 53.2. The summed E-state index contributed by atoms with van der Waals surface area (Å²) < 4.78 is 71.0. The van der Waals surface area contributed by atoms with E-state index >= 15 is 0 Å². The molecule has 520 valence electrons. The van der Waals surface area contributed by atoms with Gasteiger partial charge in [-0.15, -0.1) is 6.58 Å². The molecule has 0 radical (unpaired) electrons. The number of rotatable bonds is 21. The number of imidazole rings is 2. The largest absolute Gasteiger partial charge is 0.479 e. The first kappa shape index (κ1) is 73.5. The van der Waals surface area contributed by atoms with E-state index in [0.717, 1.165) is 0 Å². The van der Waals surface area contributed by atoms with Crippen molar-refractivity contribution in [1.82, 2.24) is 39.0 Å². The van der Waals surface area contributed by atoms with Gasteiger partial charge < -0.3 is 60.2 Å². The Morgan fingerprint density at radius 1 is 0.579 bits per heavy atom. The summed E-state index contributed by atoms with van der Waals surface area (Å²) >= 11 is 0. The van der Waals surface area contributed by atoms with Crippen molar-refractivity contribution in [1.29, 1.82) is 0 Å². The van der Waals surface area contributed by atoms with Gasteiger partial charge in [-0.05, 0) is 81.4 Å². The number of anilines is 2. The predicted octanol–water partition coefficient (Wildman–Crippen LogP) is 11.7. The third kappa shape index (κ3) is 13.7. The fraction of sp³-hybridized carbons (Fsp3) is 0.606. The zero-order chi connectivity index (χ0) is 69.3. The van der Waals surface area contributed by atoms with Crippen LogP contribution in [0.1, 0.15) is 163 Å². The molecule has 0 saturated carbocycles. The smallest absolute Gasteiger partial charge is 0.335 e. The Bertz CT molecular complexity index is 3590. The van der Waals surface area contributed by atoms with Gasteiger partial charge in [-0.25, -0.2) is 9.97 Å². The van der Waals surface area contributed by atoms with Crippen LogP contribution in [0.5, 0.6) is 11.8 Å². The molecule has 4 saturated heterocycles. The lowest BCUT2D eigenvalue weighted by molar-refractivity contribution is -0.113. The van der Waals surface area contributed by atoms with Crippen molar-refractivity contribution in [2.75, 3.05) is 44.7 Å². The minimum atomic E-state index is -3.12. The van der Waals surface area contributed by atoms with Crippen molar-refractivity contribution < 1.29 is 69.8 Å². The number of aromatic nitrogens is 8. The fourth-order valence-corrected chi connectivity index (χ4v) is 36.7. The van der Waals surface area contributed by atoms with Crippen LogP contribution in [0.3, 0.4) is 0 Å². The van der Waals surface area contributed by atoms with Crippen LogP contribution in [-0.2, 0) is 35.4 Å². The minimum Gasteiger partial charge on any atom is -0.479 e. The highest BCUT2D eigenvalue weighted by atomic mass is 28.5. The summed E-state index contributed by atoms with van der Waals surface area (Å²) in [6.45, 7) is 38.5. The minimum absolute atomic E-state index is 0.00142. The molecule has 6 aromatic rings. The van der Waals surface area contributed by atoms with Crippen LogP contribution in [0.2, 0.25) is 44.3 Å². The standard InChI is InChI=1S/C33H51N5O8Si2.C33H49N5O7Si2/c1-20(2)47(21(3)4)43-18-25-27(45-48(46-47,22(5)6)23(7)8)33(41,16-13-17-39)31(44-25)38-19-34-26-28(38)35-32(37-30(26)42-9)36-29(40)24-14-11-10-12-15-24;1-11-17-33(40)27-25(18-42-46(20(2)3,21(4)5)45-47(44-27,22(6)7)23(8)9)43-31(33)38-19-34-26-28(38)35-32(37-30(26)41-10)36-29(39)24-15-13-12-14-16-24/h10-12,14-15,19-23,25,27,31,39,41H,13,16-18H2,1-9H3,(H,35,36,37,40);11-16,19-23,25,27,31,40H,1,17-18H2,2-10H3,(H,35,36,37,39)/t2*25?,27-,31?,33-/m11/s1. The summed E-state index contributed by atoms with van der Waals surface area (Å²) in [5.41, 5.74) is -0.316. The number of hydrogen-bond acceptors (Lipinski definition) is 21. The third-order valence-corrected chi connectivity index (χ3v) is 39.6. The van der Waals surface area contributed by atoms with Crippen molar-refractivity contribution in [2.45, 2.75) is 222 Å². The zero-order valence-electron chi connectivity index (χ0n) is 58.4. The van der Waals surface area contributed by atoms with Crippen LogP contribution in [0, 0.1) is 0 Å². The highest BCUT2D eigenvalue weighted by Gasteiger charge is 2.68. The number of carbonyl (C=O) groups excluding carboxylic acids is 2. The average Bonchev–Trinajstić information content (AvgIpc) is 1.62. The second-order valence-electron chi connectivity index (χ2n) is 27.8. The Balaban J connectivity index is 0.000000223. The lowest BCUT2D eigenvalue weighted by Gasteiger charge is -2.52. The number of hydrogen-bond donors (Lipinski definition) is 5. The van der Waals surface area contributed by atoms with Gasteiger partial charge in [0.1, 0.15) is 35.6 Å². The molecule has 4 aliphatic rings. The molecule has 8 heterocycles. The molecular weight excluding hydrogens is 1290 g/mol. The SMILES string of the molecule is C=CC[C@]1(O)C(n2cnc3c(OC)nc(NC(=O)c4ccccc4)nc32)OC2CO[Si](C(C)C)(C(C)C)O[Si](C(C)C)(C(C)C)O[C@H]21.COc1nc(NC(=O)c2ccccc2)nc2c1ncn2C1OC2CO[Si](C(C)C)(C(C)C)O[Si](C(C)C)(C(C)C)O[C@H]2[C@]1(O)CCCO. The normalized spacial score (nSPS) is 25.5. The molecule has 29 heteroatoms. The van der Waals surface area contributed by atoms with Crippen molar-refractivity contribution in [3.05, 3.63) is 97.1 Å². The molecule has 5 N–H and O–H groups in total. The molecule has 2 amide bonds. The molecule has 4 unspecified atom stereocenters. The Labute approximate surface area is 562 Å². The number of carbonyl (C=O) groups is 2. The molecular formula is C66H100N10O15Si4. The molecule has 4 aromatic heterocycles. The molecule has 0 aliphatic carbocycles. The van der Waals surface area contributed by atoms with E-state index in [4.69, 9.17) is 44.9 Å². The van der Waals surface area contributed by atoms with Crippen molar-refractivity contribution in [3.8, 4) is 11.8 Å². The second-order valence-corrected chi connectivity index (χ2v) is 45.5. The molecule has 10 rings (SSSR count). The summed E-state index contributed by atoms with van der Waals surface area (Å²) in [5, 5.41) is 41.0. The van der Waals surface area contributed by atoms with Crippen LogP contribution in [0.15, 0.2) is 86.0 Å². The molecule has 4 aliphatic heterocycles. The van der Waals surface area contributed by atoms with E-state index in [2.05, 4.69) is 158 Å². The quantitative estimate of drug-likeness (QED) is 0.0330. The number of aliphatic hydroxyl groups excluding tert-OH is 1.